The third kappa shape index (κ3) is 23.4. The Morgan fingerprint density at radius 2 is 0.640 bits per heavy atom. The number of anilines is 15. The Kier molecular flexibility index (Phi) is 29.4. The molecule has 0 saturated carbocycles. The highest BCUT2D eigenvalue weighted by molar-refractivity contribution is 5.86. The second-order valence-corrected chi connectivity index (χ2v) is 32.0. The molecule has 0 saturated heterocycles. The van der Waals surface area contributed by atoms with Crippen molar-refractivity contribution in [2.45, 2.75) is 66.6 Å². The molecule has 51 heteroatoms. The van der Waals surface area contributed by atoms with Gasteiger partial charge < -0.3 is 69.5 Å². The standard InChI is InChI=1S/C20H13F4N7.C20H16F4N6O.C20H14F3N7O.C20H16FN7.C19H15F3N6O/c1-10-27-14-8-7-13(26-2)9-15(14)31(10)19-29-17(25)16(21)18(30-19)28-12-5-3-11(4-6-12)20(22,23)24;1-31-10-15-27-13-4-2-3-5-14(13)30(15)19-28-17(25)16(21)18(29-19)26-12-8-6-11(7-9-12)20(22,23)24;1-10-26-14-8-5-12(25-2)9-15(14)30(10)20-28-17(24)16(21)18(29-20)27-11-3-6-13(7-4-11)31-19(22)23;1-11-4-6-13(7-5-11)25-19-17(21)18(22)26-20(27-19)28-12(2)24-15-9-8-14(23-3)10-16(15)28;1-11-24-14-4-2-3-5-15(14)28(11)18-26-16(23)10-17(27-18)25-12-6-8-13(9-7-12)29-19(20,21)22/h3-9H,1H3,(H3,25,28,29,30);2-9H,10H2,1H3,(H3,25,26,28,29);3-9,19H,1H3,(H3,24,27,28,29);4-10H,1-2H3,(H3,22,25,26,27);2-10H,1H3,(H3,23,25,26,27). The average molecular weight is 2060 g/mol. The maximum atomic E-state index is 14.6. The van der Waals surface area contributed by atoms with Crippen LogP contribution < -0.4 is 64.7 Å². The van der Waals surface area contributed by atoms with Crippen LogP contribution in [0.3, 0.4) is 0 Å². The molecule has 0 aliphatic carbocycles. The van der Waals surface area contributed by atoms with Crippen molar-refractivity contribution in [2.24, 2.45) is 0 Å². The molecule has 10 aromatic carbocycles. The first kappa shape index (κ1) is 103. The molecule has 150 heavy (non-hydrogen) atoms. The minimum Gasteiger partial charge on any atom is -0.435 e. The lowest BCUT2D eigenvalue weighted by Crippen LogP contribution is -2.17. The third-order valence-corrected chi connectivity index (χ3v) is 21.6. The zero-order valence-electron chi connectivity index (χ0n) is 78.3. The minimum absolute atomic E-state index is 0.00422. The largest absolute Gasteiger partial charge is 0.573 e. The molecule has 0 aliphatic heterocycles. The van der Waals surface area contributed by atoms with E-state index >= 15 is 0 Å². The molecule has 0 atom stereocenters. The molecule has 0 amide bonds. The number of aromatic nitrogens is 20. The summed E-state index contributed by atoms with van der Waals surface area (Å²) in [5, 5.41) is 14.0. The number of fused-ring (bicyclic) bond motifs is 5. The van der Waals surface area contributed by atoms with Gasteiger partial charge in [0, 0.05) is 41.6 Å². The number of nitrogens with two attached hydrogens (primary N) is 5. The number of aryl methyl sites for hydroxylation is 5. The first-order valence-electron chi connectivity index (χ1n) is 43.7. The molecule has 0 fully saturated rings. The number of imidazole rings is 5. The summed E-state index contributed by atoms with van der Waals surface area (Å²) in [7, 11) is 1.50. The van der Waals surface area contributed by atoms with Crippen LogP contribution in [-0.4, -0.2) is 118 Å². The van der Waals surface area contributed by atoms with Gasteiger partial charge in [0.25, 0.3) is 0 Å². The molecule has 0 radical (unpaired) electrons. The van der Waals surface area contributed by atoms with Gasteiger partial charge in [-0.2, -0.15) is 103 Å². The molecular weight excluding hydrogens is 1980 g/mol. The van der Waals surface area contributed by atoms with Gasteiger partial charge in [-0.05, 0) is 204 Å². The fourth-order valence-corrected chi connectivity index (χ4v) is 14.9. The Bertz CT molecular complexity index is 8600. The van der Waals surface area contributed by atoms with Crippen molar-refractivity contribution in [3.8, 4) is 41.2 Å². The molecule has 0 spiro atoms. The number of alkyl halides is 11. The highest BCUT2D eigenvalue weighted by Crippen LogP contribution is 2.39. The van der Waals surface area contributed by atoms with Crippen molar-refractivity contribution >= 4 is 159 Å². The number of ether oxygens (including phenoxy) is 3. The van der Waals surface area contributed by atoms with E-state index in [1.54, 1.807) is 112 Å². The first-order chi connectivity index (χ1) is 71.5. The summed E-state index contributed by atoms with van der Waals surface area (Å²) < 4.78 is 218. The van der Waals surface area contributed by atoms with E-state index < -0.39 is 77.2 Å². The number of nitrogen functional groups attached to an aromatic ring is 5. The number of halogens is 15. The van der Waals surface area contributed by atoms with Crippen LogP contribution in [0.15, 0.2) is 231 Å². The van der Waals surface area contributed by atoms with Crippen molar-refractivity contribution in [3.63, 3.8) is 0 Å². The molecule has 20 aromatic rings. The van der Waals surface area contributed by atoms with Crippen LogP contribution in [0.2, 0.25) is 0 Å². The van der Waals surface area contributed by atoms with Gasteiger partial charge in [-0.25, -0.2) is 39.5 Å². The lowest BCUT2D eigenvalue weighted by Gasteiger charge is -2.13. The summed E-state index contributed by atoms with van der Waals surface area (Å²) in [6, 6.07) is 57.6. The van der Waals surface area contributed by atoms with Crippen molar-refractivity contribution < 1.29 is 80.1 Å². The quantitative estimate of drug-likeness (QED) is 0.0250. The summed E-state index contributed by atoms with van der Waals surface area (Å²) in [5.41, 5.74) is 38.1. The third-order valence-electron chi connectivity index (χ3n) is 21.6. The zero-order valence-corrected chi connectivity index (χ0v) is 78.3. The number of hydrogen-bond acceptors (Lipinski definition) is 28. The van der Waals surface area contributed by atoms with Crippen LogP contribution in [0.1, 0.15) is 45.8 Å². The Balaban J connectivity index is 0.000000134. The van der Waals surface area contributed by atoms with Crippen molar-refractivity contribution in [2.75, 3.05) is 62.4 Å². The predicted molar refractivity (Wildman–Crippen MR) is 530 cm³/mol. The maximum absolute atomic E-state index is 14.6. The summed E-state index contributed by atoms with van der Waals surface area (Å²) in [6.45, 7) is 27.8. The Morgan fingerprint density at radius 1 is 0.333 bits per heavy atom. The van der Waals surface area contributed by atoms with Crippen LogP contribution >= 0.6 is 0 Å². The number of benzene rings is 10. The van der Waals surface area contributed by atoms with Crippen molar-refractivity contribution in [1.82, 2.24) is 97.6 Å². The van der Waals surface area contributed by atoms with E-state index in [0.717, 1.165) is 53.0 Å². The number of rotatable bonds is 20. The summed E-state index contributed by atoms with van der Waals surface area (Å²) >= 11 is 0. The molecule has 758 valence electrons. The summed E-state index contributed by atoms with van der Waals surface area (Å²) in [4.78, 5) is 74.3. The number of hydrogen-bond donors (Lipinski definition) is 10. The molecule has 15 N–H and O–H groups in total. The average Bonchev–Trinajstić information content (AvgIpc) is 1.61. The fourth-order valence-electron chi connectivity index (χ4n) is 14.9. The van der Waals surface area contributed by atoms with Gasteiger partial charge in [-0.15, -0.1) is 13.2 Å². The van der Waals surface area contributed by atoms with Gasteiger partial charge in [0.1, 0.15) is 58.9 Å². The van der Waals surface area contributed by atoms with Gasteiger partial charge >= 0.3 is 25.3 Å². The van der Waals surface area contributed by atoms with E-state index in [0.29, 0.717) is 119 Å². The van der Waals surface area contributed by atoms with Crippen molar-refractivity contribution in [3.05, 3.63) is 334 Å². The molecule has 0 bridgehead atoms. The van der Waals surface area contributed by atoms with Gasteiger partial charge in [-0.1, -0.05) is 60.2 Å². The van der Waals surface area contributed by atoms with Gasteiger partial charge in [0.15, 0.2) is 63.6 Å². The molecule has 10 aromatic heterocycles. The Labute approximate surface area is 836 Å². The van der Waals surface area contributed by atoms with Crippen LogP contribution in [0.25, 0.3) is 99.4 Å². The topological polar surface area (TPSA) is 449 Å². The summed E-state index contributed by atoms with van der Waals surface area (Å²) in [6.07, 6.45) is -13.7. The number of nitrogens with zero attached hydrogens (tertiary/aromatic N) is 23. The highest BCUT2D eigenvalue weighted by atomic mass is 19.4. The molecule has 10 heterocycles. The van der Waals surface area contributed by atoms with E-state index in [-0.39, 0.29) is 88.2 Å². The monoisotopic (exact) mass is 2060 g/mol. The van der Waals surface area contributed by atoms with Crippen molar-refractivity contribution in [1.29, 1.82) is 0 Å². The maximum Gasteiger partial charge on any atom is 0.573 e. The SMILES string of the molecule is COCc1nc2ccccc2n1-c1nc(N)c(F)c(Nc2ccc(C(F)(F)F)cc2)n1.Cc1nc2ccccc2n1-c1nc(N)cc(Nc2ccc(OC(F)(F)F)cc2)n1.[C-]#[N+]c1ccc2nc(C)n(-c3nc(N)c(F)c(Nc4ccc(C(F)(F)F)cc4)n3)c2c1.[C-]#[N+]c1ccc2nc(C)n(-c3nc(N)c(F)c(Nc4ccc(C)cc4)n3)c2c1.[C-]#[N+]c1ccc2nc(C)n(-c3nc(N)c(F)c(Nc4ccc(OC(F)F)cc4)n3)c2c1. The van der Waals surface area contributed by atoms with E-state index in [4.69, 9.17) is 53.1 Å². The van der Waals surface area contributed by atoms with Gasteiger partial charge in [-0.3, -0.25) is 22.8 Å². The van der Waals surface area contributed by atoms with E-state index in [1.165, 1.54) is 78.4 Å². The van der Waals surface area contributed by atoms with E-state index in [2.05, 4.69) is 125 Å². The number of para-hydroxylation sites is 4. The molecule has 0 aliphatic rings. The second-order valence-electron chi connectivity index (χ2n) is 32.0. The van der Waals surface area contributed by atoms with Crippen LogP contribution in [0.4, 0.5) is 170 Å². The van der Waals surface area contributed by atoms with Crippen LogP contribution in [0, 0.1) is 77.6 Å². The lowest BCUT2D eigenvalue weighted by molar-refractivity contribution is -0.274. The molecule has 36 nitrogen and oxygen atoms in total. The summed E-state index contributed by atoms with van der Waals surface area (Å²) in [5.74, 6) is -2.29. The second kappa shape index (κ2) is 42.8. The minimum atomic E-state index is -4.74. The predicted octanol–water partition coefficient (Wildman–Crippen LogP) is 23.1. The molecule has 0 unspecified atom stereocenters. The molecular formula is C99H74F15N33O3. The zero-order chi connectivity index (χ0) is 107. The lowest BCUT2D eigenvalue weighted by atomic mass is 10.2. The smallest absolute Gasteiger partial charge is 0.435 e. The van der Waals surface area contributed by atoms with Crippen LogP contribution in [0.5, 0.6) is 11.5 Å². The van der Waals surface area contributed by atoms with E-state index in [1.807, 2.05) is 68.4 Å². The fraction of sp³-hybridized carbons (Fsp3) is 0.111. The Morgan fingerprint density at radius 3 is 0.987 bits per heavy atom. The molecule has 20 rings (SSSR count). The van der Waals surface area contributed by atoms with Gasteiger partial charge in [0.2, 0.25) is 53.0 Å². The van der Waals surface area contributed by atoms with Crippen LogP contribution in [-0.2, 0) is 23.7 Å². The van der Waals surface area contributed by atoms with E-state index in [9.17, 15) is 65.9 Å². The number of methoxy groups -OCH3 is 1. The first-order valence-corrected chi connectivity index (χ1v) is 43.7. The highest BCUT2D eigenvalue weighted by Gasteiger charge is 2.34. The Hall–Kier alpha value is -20.1. The van der Waals surface area contributed by atoms with Gasteiger partial charge in [0.05, 0.1) is 86.0 Å². The normalized spacial score (nSPS) is 11.3. The number of nitrogens with one attached hydrogen (secondary N) is 5.